The Hall–Kier alpha value is -9.18. The van der Waals surface area contributed by atoms with Crippen LogP contribution in [0.15, 0.2) is 168 Å². The van der Waals surface area contributed by atoms with Gasteiger partial charge in [0.1, 0.15) is 48.1 Å². The van der Waals surface area contributed by atoms with Gasteiger partial charge < -0.3 is 28.4 Å². The van der Waals surface area contributed by atoms with Gasteiger partial charge in [0.05, 0.1) is 51.2 Å². The fraction of sp³-hybridized carbons (Fsp3) is 0.268. The molecule has 0 unspecified atom stereocenters. The van der Waals surface area contributed by atoms with E-state index in [2.05, 4.69) is 10.5 Å². The average Bonchev–Trinajstić information content (AvgIpc) is 3.35. The van der Waals surface area contributed by atoms with E-state index in [1.54, 1.807) is 79.9 Å². The van der Waals surface area contributed by atoms with E-state index in [4.69, 9.17) is 33.5 Å². The van der Waals surface area contributed by atoms with Crippen LogP contribution in [-0.4, -0.2) is 100 Å². The number of nitrogens with one attached hydrogen (secondary N) is 1. The average molecular weight is 1070 g/mol. The molecule has 5 amide bonds. The SMILES string of the molecule is COC(=O)N1CC[C@]2(N=Nc3ccc(OC)cc3)c3ccccc3N(C(=O)OCc3ccccc3)[C@H]12.COC(=O)N1CC[C@]2(NN(C(=O)C(F)(F)F)c3ccc(OC)cc3)c3ccccc3N(C(=O)OCc3ccccc3)[C@H]12. The molecule has 19 nitrogen and oxygen atoms in total. The summed E-state index contributed by atoms with van der Waals surface area (Å²) in [7, 11) is 5.48. The quantitative estimate of drug-likeness (QED) is 0.0734. The lowest BCUT2D eigenvalue weighted by Gasteiger charge is -2.39. The van der Waals surface area contributed by atoms with Gasteiger partial charge in [-0.2, -0.15) is 23.4 Å². The molecule has 2 saturated heterocycles. The van der Waals surface area contributed by atoms with Crippen molar-refractivity contribution in [2.75, 3.05) is 56.3 Å². The molecule has 4 aliphatic rings. The Morgan fingerprint density at radius 3 is 1.56 bits per heavy atom. The molecule has 0 aliphatic carbocycles. The zero-order valence-electron chi connectivity index (χ0n) is 42.7. The summed E-state index contributed by atoms with van der Waals surface area (Å²) in [6.45, 7) is 0.353. The van der Waals surface area contributed by atoms with Gasteiger partial charge in [-0.1, -0.05) is 97.1 Å². The van der Waals surface area contributed by atoms with Crippen molar-refractivity contribution in [2.45, 2.75) is 55.6 Å². The monoisotopic (exact) mass is 1070 g/mol. The van der Waals surface area contributed by atoms with Crippen molar-refractivity contribution >= 4 is 53.0 Å². The largest absolute Gasteiger partial charge is 0.497 e. The predicted octanol–water partition coefficient (Wildman–Crippen LogP) is 10.6. The van der Waals surface area contributed by atoms with Crippen LogP contribution in [0.2, 0.25) is 0 Å². The number of methoxy groups -OCH3 is 4. The van der Waals surface area contributed by atoms with Crippen LogP contribution in [0.25, 0.3) is 0 Å². The maximum atomic E-state index is 13.9. The summed E-state index contributed by atoms with van der Waals surface area (Å²) in [5, 5.41) is 9.69. The Bertz CT molecular complexity index is 3180. The first-order chi connectivity index (χ1) is 37.7. The van der Waals surface area contributed by atoms with Crippen molar-refractivity contribution in [3.8, 4) is 11.5 Å². The van der Waals surface area contributed by atoms with Gasteiger partial charge in [-0.15, -0.1) is 0 Å². The van der Waals surface area contributed by atoms with Gasteiger partial charge in [-0.25, -0.2) is 29.6 Å². The maximum Gasteiger partial charge on any atom is 0.473 e. The third-order valence-corrected chi connectivity index (χ3v) is 13.8. The number of benzene rings is 6. The summed E-state index contributed by atoms with van der Waals surface area (Å²) in [5.74, 6) is -1.12. The van der Waals surface area contributed by atoms with Crippen LogP contribution in [0.5, 0.6) is 11.5 Å². The highest BCUT2D eigenvalue weighted by molar-refractivity contribution is 5.98. The first-order valence-electron chi connectivity index (χ1n) is 24.5. The van der Waals surface area contributed by atoms with Crippen molar-refractivity contribution in [1.82, 2.24) is 15.2 Å². The van der Waals surface area contributed by atoms with E-state index in [1.165, 1.54) is 58.1 Å². The molecule has 404 valence electrons. The number of alkyl halides is 3. The zero-order chi connectivity index (χ0) is 55.2. The van der Waals surface area contributed by atoms with Crippen molar-refractivity contribution in [3.63, 3.8) is 0 Å². The molecule has 6 aromatic carbocycles. The molecule has 1 N–H and O–H groups in total. The number of azo groups is 1. The summed E-state index contributed by atoms with van der Waals surface area (Å²) in [4.78, 5) is 71.2. The number of amides is 5. The molecule has 4 aliphatic heterocycles. The van der Waals surface area contributed by atoms with E-state index < -0.39 is 59.9 Å². The number of nitrogens with zero attached hydrogens (tertiary/aromatic N) is 7. The number of fused-ring (bicyclic) bond motifs is 6. The van der Waals surface area contributed by atoms with Gasteiger partial charge in [0.25, 0.3) is 0 Å². The second-order valence-corrected chi connectivity index (χ2v) is 18.2. The minimum absolute atomic E-state index is 0.00218. The molecular formula is C56H53F3N8O11. The molecular weight excluding hydrogens is 1020 g/mol. The fourth-order valence-electron chi connectivity index (χ4n) is 10.3. The van der Waals surface area contributed by atoms with Gasteiger partial charge in [0.2, 0.25) is 0 Å². The Kier molecular flexibility index (Phi) is 15.5. The van der Waals surface area contributed by atoms with Crippen LogP contribution in [0.4, 0.5) is 55.1 Å². The lowest BCUT2D eigenvalue weighted by Crippen LogP contribution is -2.64. The highest BCUT2D eigenvalue weighted by atomic mass is 19.4. The number of ether oxygens (including phenoxy) is 6. The number of halogens is 3. The number of hydrogen-bond acceptors (Lipinski definition) is 14. The lowest BCUT2D eigenvalue weighted by molar-refractivity contribution is -0.171. The number of hydrogen-bond donors (Lipinski definition) is 1. The highest BCUT2D eigenvalue weighted by Gasteiger charge is 2.64. The van der Waals surface area contributed by atoms with Crippen LogP contribution < -0.4 is 29.7 Å². The Balaban J connectivity index is 0.000000192. The van der Waals surface area contributed by atoms with Crippen LogP contribution in [0.3, 0.4) is 0 Å². The number of anilines is 3. The molecule has 22 heteroatoms. The number of hydrazine groups is 1. The number of carbonyl (C=O) groups excluding carboxylic acids is 5. The minimum atomic E-state index is -5.26. The van der Waals surface area contributed by atoms with Crippen LogP contribution in [0.1, 0.15) is 35.1 Å². The molecule has 0 spiro atoms. The van der Waals surface area contributed by atoms with Gasteiger partial charge in [0.15, 0.2) is 0 Å². The van der Waals surface area contributed by atoms with Gasteiger partial charge in [-0.3, -0.25) is 24.4 Å². The minimum Gasteiger partial charge on any atom is -0.497 e. The van der Waals surface area contributed by atoms with Crippen molar-refractivity contribution in [3.05, 3.63) is 180 Å². The molecule has 4 atom stereocenters. The predicted molar refractivity (Wildman–Crippen MR) is 277 cm³/mol. The van der Waals surface area contributed by atoms with Gasteiger partial charge in [0, 0.05) is 30.6 Å². The van der Waals surface area contributed by atoms with E-state index in [1.807, 2.05) is 60.7 Å². The zero-order valence-corrected chi connectivity index (χ0v) is 42.7. The number of para-hydroxylation sites is 2. The summed E-state index contributed by atoms with van der Waals surface area (Å²) < 4.78 is 73.5. The smallest absolute Gasteiger partial charge is 0.473 e. The fourth-order valence-corrected chi connectivity index (χ4v) is 10.3. The van der Waals surface area contributed by atoms with Crippen LogP contribution >= 0.6 is 0 Å². The molecule has 0 radical (unpaired) electrons. The summed E-state index contributed by atoms with van der Waals surface area (Å²) >= 11 is 0. The number of rotatable bonds is 11. The molecule has 0 saturated carbocycles. The normalized spacial score (nSPS) is 19.6. The highest BCUT2D eigenvalue weighted by Crippen LogP contribution is 2.55. The van der Waals surface area contributed by atoms with Gasteiger partial charge in [-0.05, 0) is 78.2 Å². The second kappa shape index (κ2) is 22.6. The van der Waals surface area contributed by atoms with Crippen molar-refractivity contribution < 1.29 is 65.6 Å². The standard InChI is InChI=1S/C29H27F3N4O6.C27H26N4O5/c1-40-21-14-12-20(13-15-21)36(25(37)29(30,31)32)33-28-16-17-34(26(38)41-2)24(28)35(23-11-7-6-10-22(23)28)27(39)42-18-19-8-4-3-5-9-19;1-34-21-14-12-20(13-15-21)28-29-27-16-17-30(25(32)35-2)24(27)31(23-11-7-6-10-22(23)27)26(33)36-18-19-8-4-3-5-9-19/h3-15,24,33H,16-18H2,1-2H3;3-15,24H,16-18H2,1-2H3/t24-,28-;24-,27-/m00/s1. The first kappa shape index (κ1) is 53.6. The second-order valence-electron chi connectivity index (χ2n) is 18.2. The summed E-state index contributed by atoms with van der Waals surface area (Å²) in [5.41, 5.74) is 4.45. The topological polar surface area (TPSA) is 194 Å². The maximum absolute atomic E-state index is 13.9. The van der Waals surface area contributed by atoms with Gasteiger partial charge >= 0.3 is 36.5 Å². The lowest BCUT2D eigenvalue weighted by atomic mass is 9.89. The molecule has 6 aromatic rings. The van der Waals surface area contributed by atoms with Crippen LogP contribution in [-0.2, 0) is 48.0 Å². The molecule has 4 heterocycles. The van der Waals surface area contributed by atoms with E-state index >= 15 is 0 Å². The summed E-state index contributed by atoms with van der Waals surface area (Å²) in [6.07, 6.45) is -9.56. The molecule has 10 rings (SSSR count). The van der Waals surface area contributed by atoms with E-state index in [0.717, 1.165) is 18.2 Å². The number of carbonyl (C=O) groups is 5. The Morgan fingerprint density at radius 1 is 0.577 bits per heavy atom. The molecule has 2 fully saturated rings. The number of likely N-dealkylation sites (tertiary alicyclic amines) is 2. The Labute approximate surface area is 446 Å². The molecule has 0 aromatic heterocycles. The first-order valence-corrected chi connectivity index (χ1v) is 24.5. The molecule has 0 bridgehead atoms. The molecule has 78 heavy (non-hydrogen) atoms. The van der Waals surface area contributed by atoms with E-state index in [0.29, 0.717) is 57.7 Å². The third-order valence-electron chi connectivity index (χ3n) is 13.8. The Morgan fingerprint density at radius 2 is 1.04 bits per heavy atom. The summed E-state index contributed by atoms with van der Waals surface area (Å²) in [6, 6.07) is 45.0. The van der Waals surface area contributed by atoms with E-state index in [9.17, 15) is 37.1 Å². The van der Waals surface area contributed by atoms with Crippen molar-refractivity contribution in [1.29, 1.82) is 0 Å². The van der Waals surface area contributed by atoms with Crippen LogP contribution in [0, 0.1) is 0 Å². The third kappa shape index (κ3) is 10.3. The van der Waals surface area contributed by atoms with Crippen molar-refractivity contribution in [2.24, 2.45) is 10.2 Å². The van der Waals surface area contributed by atoms with E-state index in [-0.39, 0.29) is 31.9 Å².